The van der Waals surface area contributed by atoms with Crippen LogP contribution >= 0.6 is 0 Å². The normalized spacial score (nSPS) is 20.7. The second-order valence-electron chi connectivity index (χ2n) is 5.28. The third-order valence-corrected chi connectivity index (χ3v) is 3.49. The maximum atomic E-state index is 11.9. The van der Waals surface area contributed by atoms with Crippen LogP contribution in [0.25, 0.3) is 0 Å². The first-order valence-electron chi connectivity index (χ1n) is 5.83. The van der Waals surface area contributed by atoms with Crippen LogP contribution in [0.3, 0.4) is 0 Å². The summed E-state index contributed by atoms with van der Waals surface area (Å²) in [4.78, 5) is 24.9. The van der Waals surface area contributed by atoms with E-state index in [1.54, 1.807) is 13.8 Å². The zero-order chi connectivity index (χ0) is 12.6. The van der Waals surface area contributed by atoms with Crippen molar-refractivity contribution in [1.82, 2.24) is 4.90 Å². The predicted molar refractivity (Wildman–Crippen MR) is 60.6 cm³/mol. The first-order chi connectivity index (χ1) is 7.25. The Bertz CT molecular complexity index is 305. The summed E-state index contributed by atoms with van der Waals surface area (Å²) in [6.07, 6.45) is 1.33. The van der Waals surface area contributed by atoms with Crippen LogP contribution in [-0.4, -0.2) is 34.0 Å². The van der Waals surface area contributed by atoms with Gasteiger partial charge in [-0.2, -0.15) is 0 Å². The average molecular weight is 227 g/mol. The lowest BCUT2D eigenvalue weighted by molar-refractivity contribution is -0.145. The van der Waals surface area contributed by atoms with E-state index in [1.807, 2.05) is 13.8 Å². The summed E-state index contributed by atoms with van der Waals surface area (Å²) in [6, 6.07) is 0. The third kappa shape index (κ3) is 2.26. The van der Waals surface area contributed by atoms with Crippen LogP contribution in [0, 0.1) is 5.41 Å². The van der Waals surface area contributed by atoms with Crippen LogP contribution in [0.5, 0.6) is 0 Å². The highest BCUT2D eigenvalue weighted by Crippen LogP contribution is 2.33. The molecule has 0 atom stereocenters. The number of likely N-dealkylation sites (tertiary alicyclic amines) is 1. The van der Waals surface area contributed by atoms with Crippen molar-refractivity contribution in [3.8, 4) is 0 Å². The molecule has 1 aliphatic heterocycles. The molecule has 0 unspecified atom stereocenters. The van der Waals surface area contributed by atoms with E-state index in [9.17, 15) is 14.7 Å². The zero-order valence-corrected chi connectivity index (χ0v) is 10.5. The molecule has 0 aromatic carbocycles. The van der Waals surface area contributed by atoms with Gasteiger partial charge in [0, 0.05) is 6.42 Å². The van der Waals surface area contributed by atoms with E-state index < -0.39 is 11.0 Å². The van der Waals surface area contributed by atoms with Crippen molar-refractivity contribution in [1.29, 1.82) is 0 Å². The highest BCUT2D eigenvalue weighted by molar-refractivity contribution is 6.05. The van der Waals surface area contributed by atoms with Crippen molar-refractivity contribution in [3.05, 3.63) is 0 Å². The van der Waals surface area contributed by atoms with Gasteiger partial charge in [-0.1, -0.05) is 27.7 Å². The minimum atomic E-state index is -0.939. The summed E-state index contributed by atoms with van der Waals surface area (Å²) < 4.78 is 0. The molecule has 0 aliphatic carbocycles. The van der Waals surface area contributed by atoms with Crippen molar-refractivity contribution in [3.63, 3.8) is 0 Å². The van der Waals surface area contributed by atoms with Gasteiger partial charge >= 0.3 is 0 Å². The molecule has 0 radical (unpaired) electrons. The van der Waals surface area contributed by atoms with Crippen LogP contribution in [0.2, 0.25) is 0 Å². The van der Waals surface area contributed by atoms with Crippen molar-refractivity contribution in [2.24, 2.45) is 5.41 Å². The molecule has 1 N–H and O–H groups in total. The van der Waals surface area contributed by atoms with Gasteiger partial charge in [-0.15, -0.1) is 0 Å². The standard InChI is InChI=1S/C12H21NO3/c1-5-12(16,6-2)8-13-9(14)7-11(3,4)10(13)15/h16H,5-8H2,1-4H3. The molecule has 0 aromatic rings. The number of rotatable bonds is 4. The summed E-state index contributed by atoms with van der Waals surface area (Å²) in [5.74, 6) is -0.340. The summed E-state index contributed by atoms with van der Waals surface area (Å²) in [5, 5.41) is 10.1. The fourth-order valence-corrected chi connectivity index (χ4v) is 1.96. The van der Waals surface area contributed by atoms with Gasteiger partial charge in [0.2, 0.25) is 11.8 Å². The first kappa shape index (κ1) is 13.2. The second-order valence-corrected chi connectivity index (χ2v) is 5.28. The minimum Gasteiger partial charge on any atom is -0.388 e. The fraction of sp³-hybridized carbons (Fsp3) is 0.833. The molecule has 0 spiro atoms. The molecule has 1 fully saturated rings. The number of aliphatic hydroxyl groups is 1. The molecule has 1 saturated heterocycles. The number of imide groups is 1. The van der Waals surface area contributed by atoms with Crippen molar-refractivity contribution < 1.29 is 14.7 Å². The van der Waals surface area contributed by atoms with Gasteiger partial charge in [0.1, 0.15) is 0 Å². The molecule has 16 heavy (non-hydrogen) atoms. The molecule has 0 aromatic heterocycles. The lowest BCUT2D eigenvalue weighted by atomic mass is 9.91. The molecule has 4 heteroatoms. The van der Waals surface area contributed by atoms with Crippen LogP contribution < -0.4 is 0 Å². The highest BCUT2D eigenvalue weighted by Gasteiger charge is 2.46. The van der Waals surface area contributed by atoms with E-state index >= 15 is 0 Å². The molecular weight excluding hydrogens is 206 g/mol. The van der Waals surface area contributed by atoms with E-state index in [2.05, 4.69) is 0 Å². The number of nitrogens with zero attached hydrogens (tertiary/aromatic N) is 1. The van der Waals surface area contributed by atoms with Gasteiger partial charge in [-0.25, -0.2) is 0 Å². The van der Waals surface area contributed by atoms with Gasteiger partial charge in [0.05, 0.1) is 17.6 Å². The molecule has 4 nitrogen and oxygen atoms in total. The molecule has 1 rings (SSSR count). The summed E-state index contributed by atoms with van der Waals surface area (Å²) in [6.45, 7) is 7.38. The van der Waals surface area contributed by atoms with Gasteiger partial charge in [-0.3, -0.25) is 14.5 Å². The molecule has 0 saturated carbocycles. The Balaban J connectivity index is 2.83. The SMILES string of the molecule is CCC(O)(CC)CN1C(=O)CC(C)(C)C1=O. The van der Waals surface area contributed by atoms with Crippen molar-refractivity contribution >= 4 is 11.8 Å². The summed E-state index contributed by atoms with van der Waals surface area (Å²) >= 11 is 0. The number of hydrogen-bond donors (Lipinski definition) is 1. The molecular formula is C12H21NO3. The van der Waals surface area contributed by atoms with Crippen LogP contribution in [0.4, 0.5) is 0 Å². The smallest absolute Gasteiger partial charge is 0.235 e. The summed E-state index contributed by atoms with van der Waals surface area (Å²) in [7, 11) is 0. The molecule has 1 heterocycles. The summed E-state index contributed by atoms with van der Waals surface area (Å²) in [5.41, 5.74) is -1.55. The number of amides is 2. The maximum Gasteiger partial charge on any atom is 0.235 e. The van der Waals surface area contributed by atoms with Gasteiger partial charge in [0.25, 0.3) is 0 Å². The van der Waals surface area contributed by atoms with Crippen molar-refractivity contribution in [2.75, 3.05) is 6.54 Å². The monoisotopic (exact) mass is 227 g/mol. The van der Waals surface area contributed by atoms with Gasteiger partial charge in [0.15, 0.2) is 0 Å². The minimum absolute atomic E-state index is 0.126. The number of hydrogen-bond acceptors (Lipinski definition) is 3. The van der Waals surface area contributed by atoms with Crippen molar-refractivity contribution in [2.45, 2.75) is 52.6 Å². The largest absolute Gasteiger partial charge is 0.388 e. The van der Waals surface area contributed by atoms with Gasteiger partial charge < -0.3 is 5.11 Å². The molecule has 2 amide bonds. The Hall–Kier alpha value is -0.900. The Kier molecular flexibility index (Phi) is 3.43. The number of carbonyl (C=O) groups is 2. The van der Waals surface area contributed by atoms with Crippen LogP contribution in [-0.2, 0) is 9.59 Å². The number of carbonyl (C=O) groups excluding carboxylic acids is 2. The van der Waals surface area contributed by atoms with E-state index in [0.29, 0.717) is 12.8 Å². The van der Waals surface area contributed by atoms with E-state index in [-0.39, 0.29) is 24.8 Å². The molecule has 1 aliphatic rings. The average Bonchev–Trinajstić information content (AvgIpc) is 2.40. The zero-order valence-electron chi connectivity index (χ0n) is 10.5. The topological polar surface area (TPSA) is 57.6 Å². The van der Waals surface area contributed by atoms with E-state index in [4.69, 9.17) is 0 Å². The highest BCUT2D eigenvalue weighted by atomic mass is 16.3. The Morgan fingerprint density at radius 1 is 1.31 bits per heavy atom. The van der Waals surface area contributed by atoms with E-state index in [1.165, 1.54) is 4.90 Å². The Morgan fingerprint density at radius 2 is 1.81 bits per heavy atom. The lowest BCUT2D eigenvalue weighted by Gasteiger charge is -2.30. The Labute approximate surface area is 96.6 Å². The lowest BCUT2D eigenvalue weighted by Crippen LogP contribution is -2.45. The molecule has 0 bridgehead atoms. The Morgan fingerprint density at radius 3 is 2.12 bits per heavy atom. The predicted octanol–water partition coefficient (Wildman–Crippen LogP) is 1.32. The number of β-amino-alcohol motifs (C(OH)–C–C–N with tert-alkyl or cyclic N) is 1. The fourth-order valence-electron chi connectivity index (χ4n) is 1.96. The van der Waals surface area contributed by atoms with Crippen LogP contribution in [0.15, 0.2) is 0 Å². The maximum absolute atomic E-state index is 11.9. The van der Waals surface area contributed by atoms with Crippen LogP contribution in [0.1, 0.15) is 47.0 Å². The first-order valence-corrected chi connectivity index (χ1v) is 5.83. The molecule has 92 valence electrons. The second kappa shape index (κ2) is 4.17. The third-order valence-electron chi connectivity index (χ3n) is 3.49. The van der Waals surface area contributed by atoms with Gasteiger partial charge in [-0.05, 0) is 12.8 Å². The quantitative estimate of drug-likeness (QED) is 0.737. The van der Waals surface area contributed by atoms with E-state index in [0.717, 1.165) is 0 Å².